The zero-order chi connectivity index (χ0) is 20.1. The number of nitrogens with zero attached hydrogens (tertiary/aromatic N) is 4. The van der Waals surface area contributed by atoms with Crippen LogP contribution in [0.5, 0.6) is 0 Å². The highest BCUT2D eigenvalue weighted by atomic mass is 32.2. The Hall–Kier alpha value is -2.19. The molecule has 2 aromatic rings. The summed E-state index contributed by atoms with van der Waals surface area (Å²) in [7, 11) is -3.38. The third-order valence-electron chi connectivity index (χ3n) is 5.05. The number of carbonyl (C=O) groups excluding carboxylic acids is 1. The van der Waals surface area contributed by atoms with Crippen molar-refractivity contribution in [2.24, 2.45) is 0 Å². The number of amides is 1. The van der Waals surface area contributed by atoms with E-state index in [9.17, 15) is 13.2 Å². The molecular weight excluding hydrogens is 376 g/mol. The Kier molecular flexibility index (Phi) is 6.51. The summed E-state index contributed by atoms with van der Waals surface area (Å²) < 4.78 is 26.6. The van der Waals surface area contributed by atoms with Gasteiger partial charge in [0.25, 0.3) is 0 Å². The van der Waals surface area contributed by atoms with Crippen LogP contribution in [0.25, 0.3) is 0 Å². The molecule has 152 valence electrons. The minimum Gasteiger partial charge on any atom is -0.318 e. The lowest BCUT2D eigenvalue weighted by molar-refractivity contribution is -0.121. The molecule has 1 saturated heterocycles. The second kappa shape index (κ2) is 8.87. The lowest BCUT2D eigenvalue weighted by Gasteiger charge is -2.34. The first-order valence-electron chi connectivity index (χ1n) is 9.81. The summed E-state index contributed by atoms with van der Waals surface area (Å²) in [6.45, 7) is 6.51. The average Bonchev–Trinajstić information content (AvgIpc) is 3.10. The zero-order valence-electron chi connectivity index (χ0n) is 16.5. The summed E-state index contributed by atoms with van der Waals surface area (Å²) in [6, 6.07) is 9.67. The summed E-state index contributed by atoms with van der Waals surface area (Å²) in [4.78, 5) is 20.7. The van der Waals surface area contributed by atoms with E-state index in [0.29, 0.717) is 26.2 Å². The Morgan fingerprint density at radius 3 is 2.50 bits per heavy atom. The standard InChI is InChI=1S/C20H28N4O3S/c1-3-5-11-24-18(14-21-20(24)28(26,27)4-2)15-22-12-13-23(19(25)16-22)17-9-7-6-8-10-17/h6-10,14H,3-5,11-13,15-16H2,1-2H3. The van der Waals surface area contributed by atoms with Gasteiger partial charge in [-0.2, -0.15) is 0 Å². The van der Waals surface area contributed by atoms with Gasteiger partial charge in [0.05, 0.1) is 24.2 Å². The maximum Gasteiger partial charge on any atom is 0.241 e. The molecular formula is C20H28N4O3S. The first kappa shape index (κ1) is 20.5. The second-order valence-corrected chi connectivity index (χ2v) is 9.20. The molecule has 8 heteroatoms. The van der Waals surface area contributed by atoms with Gasteiger partial charge in [0, 0.05) is 31.9 Å². The van der Waals surface area contributed by atoms with Crippen molar-refractivity contribution in [3.63, 3.8) is 0 Å². The van der Waals surface area contributed by atoms with E-state index in [0.717, 1.165) is 30.8 Å². The normalized spacial score (nSPS) is 15.9. The van der Waals surface area contributed by atoms with Gasteiger partial charge in [0.1, 0.15) is 0 Å². The van der Waals surface area contributed by atoms with E-state index >= 15 is 0 Å². The largest absolute Gasteiger partial charge is 0.318 e. The van der Waals surface area contributed by atoms with Crippen molar-refractivity contribution < 1.29 is 13.2 Å². The predicted molar refractivity (Wildman–Crippen MR) is 109 cm³/mol. The molecule has 1 aromatic heterocycles. The number of benzene rings is 1. The quantitative estimate of drug-likeness (QED) is 0.675. The number of aromatic nitrogens is 2. The van der Waals surface area contributed by atoms with Gasteiger partial charge >= 0.3 is 0 Å². The number of carbonyl (C=O) groups is 1. The van der Waals surface area contributed by atoms with Crippen LogP contribution >= 0.6 is 0 Å². The van der Waals surface area contributed by atoms with Crippen molar-refractivity contribution in [1.82, 2.24) is 14.5 Å². The van der Waals surface area contributed by atoms with E-state index in [2.05, 4.69) is 16.8 Å². The Morgan fingerprint density at radius 1 is 1.11 bits per heavy atom. The van der Waals surface area contributed by atoms with Crippen LogP contribution in [0.3, 0.4) is 0 Å². The van der Waals surface area contributed by atoms with Crippen LogP contribution < -0.4 is 4.90 Å². The number of rotatable bonds is 8. The highest BCUT2D eigenvalue weighted by Crippen LogP contribution is 2.20. The Morgan fingerprint density at radius 2 is 1.86 bits per heavy atom. The molecule has 0 spiro atoms. The smallest absolute Gasteiger partial charge is 0.241 e. The van der Waals surface area contributed by atoms with Crippen molar-refractivity contribution in [3.05, 3.63) is 42.2 Å². The van der Waals surface area contributed by atoms with Gasteiger partial charge in [-0.25, -0.2) is 13.4 Å². The molecule has 28 heavy (non-hydrogen) atoms. The highest BCUT2D eigenvalue weighted by molar-refractivity contribution is 7.91. The third kappa shape index (κ3) is 4.44. The van der Waals surface area contributed by atoms with Crippen LogP contribution in [0.2, 0.25) is 0 Å². The van der Waals surface area contributed by atoms with Gasteiger partial charge < -0.3 is 9.47 Å². The van der Waals surface area contributed by atoms with E-state index in [1.807, 2.05) is 34.9 Å². The van der Waals surface area contributed by atoms with Gasteiger partial charge in [0.2, 0.25) is 20.9 Å². The number of unbranched alkanes of at least 4 members (excludes halogenated alkanes) is 1. The maximum atomic E-state index is 12.6. The van der Waals surface area contributed by atoms with E-state index in [-0.39, 0.29) is 16.8 Å². The van der Waals surface area contributed by atoms with Gasteiger partial charge in [-0.05, 0) is 18.6 Å². The number of hydrogen-bond acceptors (Lipinski definition) is 5. The highest BCUT2D eigenvalue weighted by Gasteiger charge is 2.27. The Labute approximate surface area is 166 Å². The third-order valence-corrected chi connectivity index (χ3v) is 6.69. The van der Waals surface area contributed by atoms with Crippen molar-refractivity contribution in [1.29, 1.82) is 0 Å². The molecule has 0 radical (unpaired) electrons. The molecule has 7 nitrogen and oxygen atoms in total. The SMILES string of the molecule is CCCCn1c(CN2CCN(c3ccccc3)C(=O)C2)cnc1S(=O)(=O)CC. The number of imidazole rings is 1. The van der Waals surface area contributed by atoms with Crippen molar-refractivity contribution in [2.75, 3.05) is 30.3 Å². The van der Waals surface area contributed by atoms with Crippen LogP contribution in [0.4, 0.5) is 5.69 Å². The lowest BCUT2D eigenvalue weighted by Crippen LogP contribution is -2.50. The molecule has 0 unspecified atom stereocenters. The van der Waals surface area contributed by atoms with E-state index in [1.165, 1.54) is 0 Å². The van der Waals surface area contributed by atoms with Crippen LogP contribution in [0.1, 0.15) is 32.4 Å². The van der Waals surface area contributed by atoms with E-state index in [1.54, 1.807) is 18.0 Å². The van der Waals surface area contributed by atoms with Gasteiger partial charge in [0.15, 0.2) is 0 Å². The summed E-state index contributed by atoms with van der Waals surface area (Å²) >= 11 is 0. The van der Waals surface area contributed by atoms with Crippen molar-refractivity contribution >= 4 is 21.4 Å². The summed E-state index contributed by atoms with van der Waals surface area (Å²) in [5, 5.41) is 0.146. The lowest BCUT2D eigenvalue weighted by atomic mass is 10.2. The molecule has 1 aromatic carbocycles. The molecule has 1 amide bonds. The van der Waals surface area contributed by atoms with E-state index in [4.69, 9.17) is 0 Å². The molecule has 0 atom stereocenters. The number of para-hydroxylation sites is 1. The molecule has 0 saturated carbocycles. The topological polar surface area (TPSA) is 75.5 Å². The summed E-state index contributed by atoms with van der Waals surface area (Å²) in [5.74, 6) is 0.0857. The average molecular weight is 405 g/mol. The number of sulfone groups is 1. The minimum atomic E-state index is -3.38. The summed E-state index contributed by atoms with van der Waals surface area (Å²) in [6.07, 6.45) is 3.50. The molecule has 1 aliphatic heterocycles. The molecule has 1 aliphatic rings. The fourth-order valence-electron chi connectivity index (χ4n) is 3.42. The molecule has 0 aliphatic carbocycles. The first-order chi connectivity index (χ1) is 13.5. The maximum absolute atomic E-state index is 12.6. The molecule has 0 bridgehead atoms. The first-order valence-corrected chi connectivity index (χ1v) is 11.5. The second-order valence-electron chi connectivity index (χ2n) is 7.03. The fraction of sp³-hybridized carbons (Fsp3) is 0.500. The van der Waals surface area contributed by atoms with Gasteiger partial charge in [-0.1, -0.05) is 38.5 Å². The number of anilines is 1. The minimum absolute atomic E-state index is 0.0316. The molecule has 1 fully saturated rings. The van der Waals surface area contributed by atoms with E-state index < -0.39 is 9.84 Å². The van der Waals surface area contributed by atoms with Gasteiger partial charge in [-0.3, -0.25) is 9.69 Å². The number of piperazine rings is 1. The monoisotopic (exact) mass is 404 g/mol. The predicted octanol–water partition coefficient (Wildman–Crippen LogP) is 2.33. The van der Waals surface area contributed by atoms with Crippen LogP contribution in [-0.4, -0.2) is 54.2 Å². The van der Waals surface area contributed by atoms with Gasteiger partial charge in [-0.15, -0.1) is 0 Å². The van der Waals surface area contributed by atoms with Crippen molar-refractivity contribution in [3.8, 4) is 0 Å². The Bertz CT molecular complexity index is 909. The van der Waals surface area contributed by atoms with Crippen molar-refractivity contribution in [2.45, 2.75) is 44.9 Å². The van der Waals surface area contributed by atoms with Crippen LogP contribution in [0, 0.1) is 0 Å². The molecule has 2 heterocycles. The molecule has 0 N–H and O–H groups in total. The molecule has 3 rings (SSSR count). The van der Waals surface area contributed by atoms with Crippen LogP contribution in [-0.2, 0) is 27.7 Å². The summed E-state index contributed by atoms with van der Waals surface area (Å²) in [5.41, 5.74) is 1.76. The van der Waals surface area contributed by atoms with Crippen LogP contribution in [0.15, 0.2) is 41.7 Å². The fourth-order valence-corrected chi connectivity index (χ4v) is 4.43. The number of hydrogen-bond donors (Lipinski definition) is 0. The zero-order valence-corrected chi connectivity index (χ0v) is 17.4. The Balaban J connectivity index is 1.75.